The third-order valence-corrected chi connectivity index (χ3v) is 2.58. The molecule has 0 saturated heterocycles. The van der Waals surface area contributed by atoms with Crippen LogP contribution < -0.4 is 5.32 Å². The first-order valence-electron chi connectivity index (χ1n) is 5.45. The Morgan fingerprint density at radius 3 is 2.53 bits per heavy atom. The molecule has 0 aliphatic rings. The second kappa shape index (κ2) is 5.10. The Morgan fingerprint density at radius 1 is 1.41 bits per heavy atom. The Morgan fingerprint density at radius 2 is 2.06 bits per heavy atom. The summed E-state index contributed by atoms with van der Waals surface area (Å²) in [5.74, 6) is -0.270. The van der Waals surface area contributed by atoms with E-state index in [0.717, 1.165) is 5.69 Å². The van der Waals surface area contributed by atoms with Gasteiger partial charge in [-0.25, -0.2) is 0 Å². The molecule has 6 heteroatoms. The first-order chi connectivity index (χ1) is 7.71. The van der Waals surface area contributed by atoms with Crippen LogP contribution in [0.2, 0.25) is 0 Å². The van der Waals surface area contributed by atoms with Crippen molar-refractivity contribution in [2.45, 2.75) is 52.3 Å². The predicted octanol–water partition coefficient (Wildman–Crippen LogP) is 1.75. The van der Waals surface area contributed by atoms with Gasteiger partial charge in [-0.15, -0.1) is 5.10 Å². The molecule has 0 radical (unpaired) electrons. The minimum atomic E-state index is -0.739. The molecular weight excluding hydrogens is 238 g/mol. The monoisotopic (exact) mass is 257 g/mol. The summed E-state index contributed by atoms with van der Waals surface area (Å²) in [6.45, 7) is 9.65. The Bertz CT molecular complexity index is 369. The zero-order chi connectivity index (χ0) is 13.1. The molecule has 0 amide bonds. The molecule has 0 fully saturated rings. The van der Waals surface area contributed by atoms with Crippen molar-refractivity contribution in [3.05, 3.63) is 11.1 Å². The molecule has 0 saturated carbocycles. The van der Waals surface area contributed by atoms with Crippen LogP contribution in [0, 0.1) is 0 Å². The Kier molecular flexibility index (Phi) is 4.21. The molecular formula is C11H19N3O2S. The molecule has 96 valence electrons. The summed E-state index contributed by atoms with van der Waals surface area (Å²) < 4.78 is 9.10. The summed E-state index contributed by atoms with van der Waals surface area (Å²) in [7, 11) is 0. The van der Waals surface area contributed by atoms with Crippen LogP contribution in [0.25, 0.3) is 0 Å². The third-order valence-electron chi connectivity index (χ3n) is 2.03. The van der Waals surface area contributed by atoms with Gasteiger partial charge >= 0.3 is 5.97 Å². The highest BCUT2D eigenvalue weighted by Gasteiger charge is 2.32. The van der Waals surface area contributed by atoms with Gasteiger partial charge in [0.05, 0.1) is 5.69 Å². The molecule has 0 bridgehead atoms. The predicted molar refractivity (Wildman–Crippen MR) is 66.7 cm³/mol. The Balaban J connectivity index is 2.53. The van der Waals surface area contributed by atoms with Crippen LogP contribution in [0.5, 0.6) is 0 Å². The molecule has 0 aliphatic carbocycles. The zero-order valence-electron chi connectivity index (χ0n) is 10.9. The van der Waals surface area contributed by atoms with Crippen LogP contribution >= 0.6 is 11.5 Å². The lowest BCUT2D eigenvalue weighted by Gasteiger charge is -2.29. The van der Waals surface area contributed by atoms with E-state index in [1.807, 2.05) is 26.2 Å². The van der Waals surface area contributed by atoms with E-state index < -0.39 is 11.1 Å². The highest BCUT2D eigenvalue weighted by atomic mass is 32.1. The van der Waals surface area contributed by atoms with Crippen molar-refractivity contribution >= 4 is 17.5 Å². The van der Waals surface area contributed by atoms with Crippen LogP contribution in [0.15, 0.2) is 5.38 Å². The number of hydrogen-bond donors (Lipinski definition) is 1. The maximum Gasteiger partial charge on any atom is 0.326 e. The molecule has 17 heavy (non-hydrogen) atoms. The number of carbonyl (C=O) groups is 1. The number of aromatic nitrogens is 2. The topological polar surface area (TPSA) is 64.1 Å². The SMILES string of the molecule is CC(C)(C)OC(=O)C(C)(C)NCc1csnn1. The second-order valence-electron chi connectivity index (χ2n) is 5.38. The fourth-order valence-electron chi connectivity index (χ4n) is 1.05. The largest absolute Gasteiger partial charge is 0.459 e. The molecule has 0 aromatic carbocycles. The van der Waals surface area contributed by atoms with Crippen molar-refractivity contribution in [2.75, 3.05) is 0 Å². The van der Waals surface area contributed by atoms with E-state index in [4.69, 9.17) is 4.74 Å². The van der Waals surface area contributed by atoms with Crippen molar-refractivity contribution < 1.29 is 9.53 Å². The number of nitrogens with zero attached hydrogens (tertiary/aromatic N) is 2. The highest BCUT2D eigenvalue weighted by molar-refractivity contribution is 7.03. The van der Waals surface area contributed by atoms with Gasteiger partial charge in [0.2, 0.25) is 0 Å². The number of hydrogen-bond acceptors (Lipinski definition) is 6. The molecule has 1 heterocycles. The van der Waals surface area contributed by atoms with Gasteiger partial charge in [0.25, 0.3) is 0 Å². The van der Waals surface area contributed by atoms with E-state index in [2.05, 4.69) is 14.9 Å². The molecule has 0 unspecified atom stereocenters. The van der Waals surface area contributed by atoms with Crippen molar-refractivity contribution in [3.63, 3.8) is 0 Å². The Labute approximate surface area is 106 Å². The maximum atomic E-state index is 11.9. The molecule has 1 aromatic heterocycles. The average molecular weight is 257 g/mol. The van der Waals surface area contributed by atoms with Gasteiger partial charge in [0, 0.05) is 11.9 Å². The molecule has 1 N–H and O–H groups in total. The van der Waals surface area contributed by atoms with Crippen molar-refractivity contribution in [3.8, 4) is 0 Å². The van der Waals surface area contributed by atoms with Crippen LogP contribution in [-0.2, 0) is 16.1 Å². The number of rotatable bonds is 4. The van der Waals surface area contributed by atoms with Crippen LogP contribution in [0.4, 0.5) is 0 Å². The van der Waals surface area contributed by atoms with E-state index >= 15 is 0 Å². The number of ether oxygens (including phenoxy) is 1. The Hall–Kier alpha value is -1.01. The van der Waals surface area contributed by atoms with Gasteiger partial charge < -0.3 is 4.74 Å². The van der Waals surface area contributed by atoms with Crippen LogP contribution in [0.3, 0.4) is 0 Å². The molecule has 0 aliphatic heterocycles. The second-order valence-corrected chi connectivity index (χ2v) is 5.99. The lowest BCUT2D eigenvalue weighted by Crippen LogP contribution is -2.49. The van der Waals surface area contributed by atoms with Crippen molar-refractivity contribution in [1.82, 2.24) is 14.9 Å². The van der Waals surface area contributed by atoms with Gasteiger partial charge in [-0.1, -0.05) is 4.49 Å². The standard InChI is InChI=1S/C11H19N3O2S/c1-10(2,3)16-9(15)11(4,5)12-6-8-7-17-14-13-8/h7,12H,6H2,1-5H3. The number of nitrogens with one attached hydrogen (secondary N) is 1. The van der Waals surface area contributed by atoms with Crippen LogP contribution in [0.1, 0.15) is 40.3 Å². The smallest absolute Gasteiger partial charge is 0.326 e. The third kappa shape index (κ3) is 4.79. The fraction of sp³-hybridized carbons (Fsp3) is 0.727. The number of carbonyl (C=O) groups excluding carboxylic acids is 1. The minimum Gasteiger partial charge on any atom is -0.459 e. The maximum absolute atomic E-state index is 11.9. The average Bonchev–Trinajstić information content (AvgIpc) is 2.64. The van der Waals surface area contributed by atoms with Crippen molar-refractivity contribution in [2.24, 2.45) is 0 Å². The lowest BCUT2D eigenvalue weighted by atomic mass is 10.1. The van der Waals surface area contributed by atoms with Gasteiger partial charge in [-0.2, -0.15) is 0 Å². The fourth-order valence-corrected chi connectivity index (χ4v) is 1.50. The quantitative estimate of drug-likeness (QED) is 0.832. The summed E-state index contributed by atoms with van der Waals surface area (Å²) in [5, 5.41) is 8.87. The van der Waals surface area contributed by atoms with Gasteiger partial charge in [0.1, 0.15) is 11.1 Å². The van der Waals surface area contributed by atoms with E-state index in [0.29, 0.717) is 6.54 Å². The van der Waals surface area contributed by atoms with Crippen molar-refractivity contribution in [1.29, 1.82) is 0 Å². The molecule has 1 aromatic rings. The normalized spacial score (nSPS) is 12.5. The number of esters is 1. The zero-order valence-corrected chi connectivity index (χ0v) is 11.7. The van der Waals surface area contributed by atoms with E-state index in [1.54, 1.807) is 13.8 Å². The first-order valence-corrected chi connectivity index (χ1v) is 6.29. The van der Waals surface area contributed by atoms with Gasteiger partial charge in [0.15, 0.2) is 0 Å². The molecule has 0 spiro atoms. The van der Waals surface area contributed by atoms with E-state index in [1.165, 1.54) is 11.5 Å². The van der Waals surface area contributed by atoms with E-state index in [9.17, 15) is 4.79 Å². The lowest BCUT2D eigenvalue weighted by molar-refractivity contribution is -0.161. The molecule has 1 rings (SSSR count). The summed E-state index contributed by atoms with van der Waals surface area (Å²) in [6, 6.07) is 0. The summed E-state index contributed by atoms with van der Waals surface area (Å²) in [4.78, 5) is 11.9. The van der Waals surface area contributed by atoms with Gasteiger partial charge in [-0.3, -0.25) is 10.1 Å². The van der Waals surface area contributed by atoms with Gasteiger partial charge in [-0.05, 0) is 46.2 Å². The highest BCUT2D eigenvalue weighted by Crippen LogP contribution is 2.14. The summed E-state index contributed by atoms with van der Waals surface area (Å²) in [5.41, 5.74) is -0.388. The molecule has 0 atom stereocenters. The first kappa shape index (κ1) is 14.1. The summed E-state index contributed by atoms with van der Waals surface area (Å²) in [6.07, 6.45) is 0. The summed E-state index contributed by atoms with van der Waals surface area (Å²) >= 11 is 1.29. The van der Waals surface area contributed by atoms with E-state index in [-0.39, 0.29) is 5.97 Å². The molecule has 5 nitrogen and oxygen atoms in total. The van der Waals surface area contributed by atoms with Crippen LogP contribution in [-0.4, -0.2) is 26.7 Å². The minimum absolute atomic E-state index is 0.270.